The highest BCUT2D eigenvalue weighted by atomic mass is 16.3. The number of fused-ring (bicyclic) bond motifs is 2. The van der Waals surface area contributed by atoms with Gasteiger partial charge in [0.1, 0.15) is 0 Å². The van der Waals surface area contributed by atoms with Crippen molar-refractivity contribution in [1.82, 2.24) is 0 Å². The van der Waals surface area contributed by atoms with Gasteiger partial charge in [0.05, 0.1) is 5.60 Å². The van der Waals surface area contributed by atoms with Crippen LogP contribution in [0.15, 0.2) is 60.7 Å². The lowest BCUT2D eigenvalue weighted by Crippen LogP contribution is -2.24. The predicted octanol–water partition coefficient (Wildman–Crippen LogP) is 4.14. The Bertz CT molecular complexity index is 657. The summed E-state index contributed by atoms with van der Waals surface area (Å²) in [4.78, 5) is 0. The zero-order chi connectivity index (χ0) is 13.6. The molecule has 0 heterocycles. The molecule has 1 heteroatoms. The molecule has 1 fully saturated rings. The van der Waals surface area contributed by atoms with E-state index in [1.807, 2.05) is 12.1 Å². The molecular formula is C19H18O. The van der Waals surface area contributed by atoms with E-state index < -0.39 is 5.60 Å². The summed E-state index contributed by atoms with van der Waals surface area (Å²) in [6, 6.07) is 20.9. The minimum Gasteiger partial charge on any atom is -0.385 e. The van der Waals surface area contributed by atoms with Crippen molar-refractivity contribution in [3.05, 3.63) is 71.8 Å². The van der Waals surface area contributed by atoms with Gasteiger partial charge in [-0.05, 0) is 47.5 Å². The fraction of sp³-hybridized carbons (Fsp3) is 0.263. The molecule has 1 nitrogen and oxygen atoms in total. The van der Waals surface area contributed by atoms with E-state index >= 15 is 0 Å². The van der Waals surface area contributed by atoms with Crippen LogP contribution in [0, 0.1) is 5.92 Å². The summed E-state index contributed by atoms with van der Waals surface area (Å²) in [7, 11) is 0. The quantitative estimate of drug-likeness (QED) is 0.862. The second kappa shape index (κ2) is 4.32. The van der Waals surface area contributed by atoms with Gasteiger partial charge in [-0.2, -0.15) is 0 Å². The third-order valence-electron chi connectivity index (χ3n) is 4.78. The van der Waals surface area contributed by atoms with E-state index in [0.29, 0.717) is 5.92 Å². The monoisotopic (exact) mass is 262 g/mol. The predicted molar refractivity (Wildman–Crippen MR) is 82.0 cm³/mol. The van der Waals surface area contributed by atoms with Gasteiger partial charge in [-0.15, -0.1) is 0 Å². The van der Waals surface area contributed by atoms with Crippen LogP contribution < -0.4 is 0 Å². The minimum atomic E-state index is -0.614. The molecule has 2 bridgehead atoms. The highest BCUT2D eigenvalue weighted by Gasteiger charge is 2.50. The van der Waals surface area contributed by atoms with Crippen LogP contribution in [0.2, 0.25) is 0 Å². The minimum absolute atomic E-state index is 0.512. The molecule has 4 rings (SSSR count). The van der Waals surface area contributed by atoms with Crippen molar-refractivity contribution >= 4 is 11.1 Å². The van der Waals surface area contributed by atoms with Crippen molar-refractivity contribution in [1.29, 1.82) is 0 Å². The molecule has 0 spiro atoms. The molecule has 20 heavy (non-hydrogen) atoms. The smallest absolute Gasteiger partial charge is 0.0911 e. The molecule has 0 aliphatic heterocycles. The lowest BCUT2D eigenvalue weighted by Gasteiger charge is -2.27. The average molecular weight is 262 g/mol. The molecule has 100 valence electrons. The van der Waals surface area contributed by atoms with Gasteiger partial charge >= 0.3 is 0 Å². The summed E-state index contributed by atoms with van der Waals surface area (Å²) >= 11 is 0. The topological polar surface area (TPSA) is 20.2 Å². The van der Waals surface area contributed by atoms with Crippen LogP contribution in [0.5, 0.6) is 0 Å². The maximum atomic E-state index is 11.0. The second-order valence-electron chi connectivity index (χ2n) is 5.99. The van der Waals surface area contributed by atoms with Gasteiger partial charge in [0.25, 0.3) is 0 Å². The molecule has 2 aliphatic carbocycles. The Morgan fingerprint density at radius 1 is 0.850 bits per heavy atom. The lowest BCUT2D eigenvalue weighted by molar-refractivity contribution is 0.113. The van der Waals surface area contributed by atoms with Crippen LogP contribution in [0.25, 0.3) is 11.1 Å². The number of allylic oxidation sites excluding steroid dienone is 1. The van der Waals surface area contributed by atoms with Crippen LogP contribution in [0.3, 0.4) is 0 Å². The fourth-order valence-electron chi connectivity index (χ4n) is 3.98. The second-order valence-corrected chi connectivity index (χ2v) is 5.99. The van der Waals surface area contributed by atoms with E-state index in [-0.39, 0.29) is 0 Å². The van der Waals surface area contributed by atoms with Gasteiger partial charge in [-0.25, -0.2) is 0 Å². The van der Waals surface area contributed by atoms with Crippen LogP contribution in [-0.2, 0) is 0 Å². The molecular weight excluding hydrogens is 244 g/mol. The first-order valence-electron chi connectivity index (χ1n) is 7.36. The van der Waals surface area contributed by atoms with Gasteiger partial charge in [0.15, 0.2) is 0 Å². The third-order valence-corrected chi connectivity index (χ3v) is 4.78. The molecule has 2 aliphatic rings. The summed E-state index contributed by atoms with van der Waals surface area (Å²) in [6.07, 6.45) is 2.90. The third kappa shape index (κ3) is 1.66. The Kier molecular flexibility index (Phi) is 2.58. The zero-order valence-electron chi connectivity index (χ0n) is 11.4. The Hall–Kier alpha value is -1.86. The molecule has 0 amide bonds. The van der Waals surface area contributed by atoms with Gasteiger partial charge in [-0.3, -0.25) is 0 Å². The van der Waals surface area contributed by atoms with Crippen molar-refractivity contribution in [3.63, 3.8) is 0 Å². The Morgan fingerprint density at radius 3 is 2.10 bits per heavy atom. The van der Waals surface area contributed by atoms with Crippen LogP contribution in [-0.4, -0.2) is 10.7 Å². The fourth-order valence-corrected chi connectivity index (χ4v) is 3.98. The van der Waals surface area contributed by atoms with Crippen LogP contribution in [0.4, 0.5) is 0 Å². The maximum absolute atomic E-state index is 11.0. The first-order valence-corrected chi connectivity index (χ1v) is 7.36. The Labute approximate surface area is 119 Å². The highest BCUT2D eigenvalue weighted by molar-refractivity contribution is 5.98. The molecule has 2 aromatic carbocycles. The van der Waals surface area contributed by atoms with E-state index in [9.17, 15) is 5.11 Å². The summed E-state index contributed by atoms with van der Waals surface area (Å²) in [5, 5.41) is 11.0. The van der Waals surface area contributed by atoms with E-state index in [2.05, 4.69) is 48.5 Å². The van der Waals surface area contributed by atoms with Crippen molar-refractivity contribution in [2.24, 2.45) is 5.92 Å². The average Bonchev–Trinajstić information content (AvgIpc) is 3.02. The zero-order valence-corrected chi connectivity index (χ0v) is 11.4. The SMILES string of the molecule is OC12CCC(C1)C(c1ccccc1)=C2c1ccccc1. The summed E-state index contributed by atoms with van der Waals surface area (Å²) < 4.78 is 0. The lowest BCUT2D eigenvalue weighted by atomic mass is 9.82. The van der Waals surface area contributed by atoms with E-state index in [4.69, 9.17) is 0 Å². The van der Waals surface area contributed by atoms with Crippen molar-refractivity contribution in [3.8, 4) is 0 Å². The van der Waals surface area contributed by atoms with Gasteiger partial charge in [-0.1, -0.05) is 60.7 Å². The molecule has 1 saturated carbocycles. The largest absolute Gasteiger partial charge is 0.385 e. The van der Waals surface area contributed by atoms with Gasteiger partial charge in [0, 0.05) is 0 Å². The Balaban J connectivity index is 1.96. The first kappa shape index (κ1) is 11.9. The number of benzene rings is 2. The molecule has 2 unspecified atom stereocenters. The summed E-state index contributed by atoms with van der Waals surface area (Å²) in [5.74, 6) is 0.512. The standard InChI is InChI=1S/C19H18O/c20-19-12-11-16(13-19)17(14-7-3-1-4-8-14)18(19)15-9-5-2-6-10-15/h1-10,16,20H,11-13H2. The molecule has 2 atom stereocenters. The number of rotatable bonds is 2. The van der Waals surface area contributed by atoms with E-state index in [1.165, 1.54) is 22.3 Å². The van der Waals surface area contributed by atoms with Crippen LogP contribution in [0.1, 0.15) is 30.4 Å². The molecule has 0 radical (unpaired) electrons. The first-order chi connectivity index (χ1) is 9.78. The molecule has 2 aromatic rings. The van der Waals surface area contributed by atoms with Gasteiger partial charge in [0.2, 0.25) is 0 Å². The van der Waals surface area contributed by atoms with Crippen molar-refractivity contribution in [2.75, 3.05) is 0 Å². The molecule has 0 aromatic heterocycles. The summed E-state index contributed by atoms with van der Waals surface area (Å²) in [6.45, 7) is 0. The van der Waals surface area contributed by atoms with Gasteiger partial charge < -0.3 is 5.11 Å². The van der Waals surface area contributed by atoms with Crippen molar-refractivity contribution in [2.45, 2.75) is 24.9 Å². The molecule has 0 saturated heterocycles. The van der Waals surface area contributed by atoms with E-state index in [1.54, 1.807) is 0 Å². The normalized spacial score (nSPS) is 28.1. The summed E-state index contributed by atoms with van der Waals surface area (Å²) in [5.41, 5.74) is 4.37. The number of hydrogen-bond acceptors (Lipinski definition) is 1. The van der Waals surface area contributed by atoms with E-state index in [0.717, 1.165) is 19.3 Å². The maximum Gasteiger partial charge on any atom is 0.0911 e. The highest BCUT2D eigenvalue weighted by Crippen LogP contribution is 2.58. The number of aliphatic hydroxyl groups is 1. The molecule has 1 N–H and O–H groups in total. The van der Waals surface area contributed by atoms with Crippen molar-refractivity contribution < 1.29 is 5.11 Å². The number of hydrogen-bond donors (Lipinski definition) is 1. The Morgan fingerprint density at radius 2 is 1.45 bits per heavy atom. The van der Waals surface area contributed by atoms with Crippen LogP contribution >= 0.6 is 0 Å².